The first-order valence-electron chi connectivity index (χ1n) is 9.60. The standard InChI is InChI=1S/C21H24N4O/c22-15-18-14-17-8-4-5-9-19(17)23-20(18)24-10-12-25(13-11-24)21(26)16-6-2-1-3-7-16/h4-5,8-9,14,16H,1-3,6-7,10-13H2. The Kier molecular flexibility index (Phi) is 4.75. The van der Waals surface area contributed by atoms with Crippen LogP contribution in [0.15, 0.2) is 30.3 Å². The molecule has 0 atom stereocenters. The van der Waals surface area contributed by atoms with Crippen molar-refractivity contribution in [3.8, 4) is 6.07 Å². The van der Waals surface area contributed by atoms with Crippen LogP contribution < -0.4 is 4.90 Å². The van der Waals surface area contributed by atoms with Crippen molar-refractivity contribution in [3.63, 3.8) is 0 Å². The van der Waals surface area contributed by atoms with Gasteiger partial charge in [0.15, 0.2) is 0 Å². The topological polar surface area (TPSA) is 60.2 Å². The summed E-state index contributed by atoms with van der Waals surface area (Å²) in [6, 6.07) is 12.1. The van der Waals surface area contributed by atoms with E-state index in [0.717, 1.165) is 42.7 Å². The molecule has 26 heavy (non-hydrogen) atoms. The van der Waals surface area contributed by atoms with Crippen molar-refractivity contribution in [2.75, 3.05) is 31.1 Å². The number of rotatable bonds is 2. The summed E-state index contributed by atoms with van der Waals surface area (Å²) >= 11 is 0. The zero-order valence-electron chi connectivity index (χ0n) is 15.0. The van der Waals surface area contributed by atoms with E-state index in [4.69, 9.17) is 4.98 Å². The molecule has 134 valence electrons. The summed E-state index contributed by atoms with van der Waals surface area (Å²) in [6.45, 7) is 2.90. The summed E-state index contributed by atoms with van der Waals surface area (Å²) in [7, 11) is 0. The molecule has 1 aromatic heterocycles. The molecule has 1 aliphatic carbocycles. The first kappa shape index (κ1) is 16.8. The van der Waals surface area contributed by atoms with E-state index in [1.54, 1.807) is 0 Å². The molecule has 1 saturated carbocycles. The van der Waals surface area contributed by atoms with Crippen LogP contribution in [0.5, 0.6) is 0 Å². The number of amides is 1. The molecule has 2 aromatic rings. The highest BCUT2D eigenvalue weighted by Gasteiger charge is 2.29. The van der Waals surface area contributed by atoms with E-state index in [1.165, 1.54) is 19.3 Å². The maximum Gasteiger partial charge on any atom is 0.225 e. The number of hydrogen-bond acceptors (Lipinski definition) is 4. The maximum absolute atomic E-state index is 12.7. The molecule has 4 rings (SSSR count). The monoisotopic (exact) mass is 348 g/mol. The van der Waals surface area contributed by atoms with Crippen LogP contribution in [0, 0.1) is 17.2 Å². The van der Waals surface area contributed by atoms with E-state index in [1.807, 2.05) is 35.2 Å². The Balaban J connectivity index is 1.48. The van der Waals surface area contributed by atoms with Crippen molar-refractivity contribution >= 4 is 22.6 Å². The molecule has 0 radical (unpaired) electrons. The van der Waals surface area contributed by atoms with Crippen LogP contribution in [0.4, 0.5) is 5.82 Å². The van der Waals surface area contributed by atoms with Crippen LogP contribution in [0.2, 0.25) is 0 Å². The summed E-state index contributed by atoms with van der Waals surface area (Å²) in [4.78, 5) is 21.6. The number of piperazine rings is 1. The highest BCUT2D eigenvalue weighted by molar-refractivity contribution is 5.83. The SMILES string of the molecule is N#Cc1cc2ccccc2nc1N1CCN(C(=O)C2CCCCC2)CC1. The van der Waals surface area contributed by atoms with Gasteiger partial charge in [-0.05, 0) is 25.0 Å². The lowest BCUT2D eigenvalue weighted by Gasteiger charge is -2.38. The number of nitriles is 1. The lowest BCUT2D eigenvalue weighted by Crippen LogP contribution is -2.51. The second-order valence-electron chi connectivity index (χ2n) is 7.31. The number of fused-ring (bicyclic) bond motifs is 1. The van der Waals surface area contributed by atoms with E-state index in [9.17, 15) is 10.1 Å². The van der Waals surface area contributed by atoms with Crippen molar-refractivity contribution in [1.82, 2.24) is 9.88 Å². The second-order valence-corrected chi connectivity index (χ2v) is 7.31. The first-order chi connectivity index (χ1) is 12.8. The van der Waals surface area contributed by atoms with Crippen molar-refractivity contribution < 1.29 is 4.79 Å². The number of para-hydroxylation sites is 1. The second kappa shape index (κ2) is 7.33. The van der Waals surface area contributed by atoms with Gasteiger partial charge >= 0.3 is 0 Å². The van der Waals surface area contributed by atoms with E-state index in [2.05, 4.69) is 11.0 Å². The number of carbonyl (C=O) groups excluding carboxylic acids is 1. The minimum absolute atomic E-state index is 0.226. The van der Waals surface area contributed by atoms with Gasteiger partial charge in [0.25, 0.3) is 0 Å². The van der Waals surface area contributed by atoms with Gasteiger partial charge in [0, 0.05) is 37.5 Å². The van der Waals surface area contributed by atoms with Gasteiger partial charge < -0.3 is 9.80 Å². The van der Waals surface area contributed by atoms with Gasteiger partial charge in [-0.15, -0.1) is 0 Å². The van der Waals surface area contributed by atoms with E-state index < -0.39 is 0 Å². The van der Waals surface area contributed by atoms with E-state index >= 15 is 0 Å². The molecule has 1 amide bonds. The largest absolute Gasteiger partial charge is 0.352 e. The van der Waals surface area contributed by atoms with E-state index in [-0.39, 0.29) is 5.92 Å². The van der Waals surface area contributed by atoms with Gasteiger partial charge in [-0.2, -0.15) is 5.26 Å². The lowest BCUT2D eigenvalue weighted by atomic mass is 9.88. The van der Waals surface area contributed by atoms with Crippen molar-refractivity contribution in [2.24, 2.45) is 5.92 Å². The summed E-state index contributed by atoms with van der Waals surface area (Å²) in [5.74, 6) is 1.30. The average Bonchev–Trinajstić information content (AvgIpc) is 2.73. The smallest absolute Gasteiger partial charge is 0.225 e. The fraction of sp³-hybridized carbons (Fsp3) is 0.476. The van der Waals surface area contributed by atoms with Gasteiger partial charge in [0.2, 0.25) is 5.91 Å². The molecule has 1 aromatic carbocycles. The normalized spacial score (nSPS) is 18.7. The molecule has 0 unspecified atom stereocenters. The van der Waals surface area contributed by atoms with Crippen molar-refractivity contribution in [1.29, 1.82) is 5.26 Å². The molecule has 1 aliphatic heterocycles. The Labute approximate surface area is 154 Å². The molecule has 5 nitrogen and oxygen atoms in total. The predicted molar refractivity (Wildman–Crippen MR) is 102 cm³/mol. The van der Waals surface area contributed by atoms with Crippen molar-refractivity contribution in [2.45, 2.75) is 32.1 Å². The Morgan fingerprint density at radius 2 is 1.81 bits per heavy atom. The van der Waals surface area contributed by atoms with Gasteiger partial charge in [-0.3, -0.25) is 4.79 Å². The molecule has 0 bridgehead atoms. The minimum atomic E-state index is 0.226. The fourth-order valence-electron chi connectivity index (χ4n) is 4.18. The number of hydrogen-bond donors (Lipinski definition) is 0. The van der Waals surface area contributed by atoms with Gasteiger partial charge in [0.05, 0.1) is 11.1 Å². The number of nitrogens with zero attached hydrogens (tertiary/aromatic N) is 4. The number of carbonyl (C=O) groups is 1. The van der Waals surface area contributed by atoms with Gasteiger partial charge in [-0.1, -0.05) is 37.5 Å². The Bertz CT molecular complexity index is 843. The molecule has 1 saturated heterocycles. The lowest BCUT2D eigenvalue weighted by molar-refractivity contribution is -0.136. The van der Waals surface area contributed by atoms with Crippen LogP contribution >= 0.6 is 0 Å². The summed E-state index contributed by atoms with van der Waals surface area (Å²) < 4.78 is 0. The molecule has 0 spiro atoms. The van der Waals surface area contributed by atoms with Crippen LogP contribution in [-0.4, -0.2) is 42.0 Å². The quantitative estimate of drug-likeness (QED) is 0.835. The van der Waals surface area contributed by atoms with Crippen LogP contribution in [0.1, 0.15) is 37.7 Å². The molecule has 5 heteroatoms. The summed E-state index contributed by atoms with van der Waals surface area (Å²) in [5, 5.41) is 10.5. The highest BCUT2D eigenvalue weighted by atomic mass is 16.2. The Morgan fingerprint density at radius 3 is 2.54 bits per heavy atom. The zero-order chi connectivity index (χ0) is 17.9. The average molecular weight is 348 g/mol. The van der Waals surface area contributed by atoms with Crippen LogP contribution in [-0.2, 0) is 4.79 Å². The molecule has 2 aliphatic rings. The number of aromatic nitrogens is 1. The minimum Gasteiger partial charge on any atom is -0.352 e. The third kappa shape index (κ3) is 3.24. The summed E-state index contributed by atoms with van der Waals surface area (Å²) in [5.41, 5.74) is 1.51. The first-order valence-corrected chi connectivity index (χ1v) is 9.60. The highest BCUT2D eigenvalue weighted by Crippen LogP contribution is 2.27. The summed E-state index contributed by atoms with van der Waals surface area (Å²) in [6.07, 6.45) is 5.72. The fourth-order valence-corrected chi connectivity index (χ4v) is 4.18. The third-order valence-corrected chi connectivity index (χ3v) is 5.67. The third-order valence-electron chi connectivity index (χ3n) is 5.67. The van der Waals surface area contributed by atoms with Crippen LogP contribution in [0.25, 0.3) is 10.9 Å². The van der Waals surface area contributed by atoms with Gasteiger partial charge in [-0.25, -0.2) is 4.98 Å². The maximum atomic E-state index is 12.7. The predicted octanol–water partition coefficient (Wildman–Crippen LogP) is 3.34. The zero-order valence-corrected chi connectivity index (χ0v) is 15.0. The molecular formula is C21H24N4O. The Morgan fingerprint density at radius 1 is 1.08 bits per heavy atom. The van der Waals surface area contributed by atoms with Gasteiger partial charge in [0.1, 0.15) is 11.9 Å². The molecule has 2 heterocycles. The molecule has 0 N–H and O–H groups in total. The van der Waals surface area contributed by atoms with E-state index in [0.29, 0.717) is 24.6 Å². The molecule has 2 fully saturated rings. The molecular weight excluding hydrogens is 324 g/mol. The number of pyridine rings is 1. The van der Waals surface area contributed by atoms with Crippen LogP contribution in [0.3, 0.4) is 0 Å². The number of benzene rings is 1. The Hall–Kier alpha value is -2.61. The van der Waals surface area contributed by atoms with Crippen molar-refractivity contribution in [3.05, 3.63) is 35.9 Å². The number of anilines is 1.